The van der Waals surface area contributed by atoms with E-state index in [-0.39, 0.29) is 75.2 Å². The summed E-state index contributed by atoms with van der Waals surface area (Å²) in [4.78, 5) is 70.6. The average molecular weight is 555 g/mol. The third kappa shape index (κ3) is 12.0. The Bertz CT molecular complexity index is 1110. The number of carbonyl (C=O) groups excluding carboxylic acids is 6. The molecule has 2 aromatic rings. The molecule has 0 saturated heterocycles. The van der Waals surface area contributed by atoms with E-state index in [1.165, 1.54) is 13.8 Å². The predicted molar refractivity (Wildman–Crippen MR) is 144 cm³/mol. The molecule has 40 heavy (non-hydrogen) atoms. The second-order valence-electron chi connectivity index (χ2n) is 8.94. The van der Waals surface area contributed by atoms with Crippen LogP contribution < -0.4 is 9.47 Å². The van der Waals surface area contributed by atoms with Gasteiger partial charge in [-0.25, -0.2) is 0 Å². The van der Waals surface area contributed by atoms with E-state index in [1.54, 1.807) is 48.5 Å². The Morgan fingerprint density at radius 2 is 0.925 bits per heavy atom. The molecular formula is C30H34O10. The summed E-state index contributed by atoms with van der Waals surface area (Å²) in [6.07, 6.45) is 0.677. The summed E-state index contributed by atoms with van der Waals surface area (Å²) >= 11 is 0. The van der Waals surface area contributed by atoms with Crippen LogP contribution in [0.5, 0.6) is 11.5 Å². The highest BCUT2D eigenvalue weighted by Crippen LogP contribution is 2.21. The number of carbonyl (C=O) groups is 6. The highest BCUT2D eigenvalue weighted by molar-refractivity contribution is 6.09. The van der Waals surface area contributed by atoms with Gasteiger partial charge in [0.25, 0.3) is 0 Å². The van der Waals surface area contributed by atoms with Crippen molar-refractivity contribution in [3.63, 3.8) is 0 Å². The van der Waals surface area contributed by atoms with Crippen LogP contribution in [0.3, 0.4) is 0 Å². The number of hydrogen-bond donors (Lipinski definition) is 0. The van der Waals surface area contributed by atoms with Gasteiger partial charge in [0, 0.05) is 12.8 Å². The molecule has 0 atom stereocenters. The molecule has 2 aromatic carbocycles. The van der Waals surface area contributed by atoms with Gasteiger partial charge in [-0.2, -0.15) is 0 Å². The lowest BCUT2D eigenvalue weighted by atomic mass is 10.1. The van der Waals surface area contributed by atoms with E-state index in [4.69, 9.17) is 18.9 Å². The standard InChI is InChI=1S/C30H34O10/c1-21(31)19-25(33)23-9-3-5-11-27(23)37-15-17-39-29(35)13-7-8-14-30(36)40-18-16-38-28-12-6-4-10-24(28)26(34)20-22(2)32/h3-6,9-12H,7-8,13-20H2,1-2H3. The molecule has 10 nitrogen and oxygen atoms in total. The number of Topliss-reactive ketones (excluding diaryl/α,β-unsaturated/α-hetero) is 4. The number of para-hydroxylation sites is 2. The number of unbranched alkanes of at least 4 members (excludes halogenated alkanes) is 1. The maximum absolute atomic E-state index is 12.2. The molecule has 0 aliphatic heterocycles. The van der Waals surface area contributed by atoms with Crippen LogP contribution in [0.2, 0.25) is 0 Å². The van der Waals surface area contributed by atoms with Gasteiger partial charge in [0.15, 0.2) is 11.6 Å². The molecule has 0 aromatic heterocycles. The number of hydrogen-bond acceptors (Lipinski definition) is 10. The minimum atomic E-state index is -0.440. The predicted octanol–water partition coefficient (Wildman–Crippen LogP) is 4.11. The summed E-state index contributed by atoms with van der Waals surface area (Å²) in [7, 11) is 0. The first-order valence-corrected chi connectivity index (χ1v) is 13.0. The lowest BCUT2D eigenvalue weighted by Gasteiger charge is -2.11. The fourth-order valence-electron chi connectivity index (χ4n) is 3.59. The van der Waals surface area contributed by atoms with Gasteiger partial charge >= 0.3 is 11.9 Å². The Hall–Kier alpha value is -4.34. The molecule has 10 heteroatoms. The van der Waals surface area contributed by atoms with Crippen LogP contribution in [0.25, 0.3) is 0 Å². The van der Waals surface area contributed by atoms with E-state index >= 15 is 0 Å². The van der Waals surface area contributed by atoms with Crippen molar-refractivity contribution in [2.45, 2.75) is 52.4 Å². The number of ketones is 4. The van der Waals surface area contributed by atoms with Crippen LogP contribution in [-0.2, 0) is 28.7 Å². The summed E-state index contributed by atoms with van der Waals surface area (Å²) in [5.41, 5.74) is 0.596. The zero-order valence-electron chi connectivity index (χ0n) is 22.8. The number of ether oxygens (including phenoxy) is 4. The Labute approximate surface area is 232 Å². The molecule has 0 bridgehead atoms. The molecule has 0 spiro atoms. The van der Waals surface area contributed by atoms with Gasteiger partial charge < -0.3 is 18.9 Å². The summed E-state index contributed by atoms with van der Waals surface area (Å²) in [6, 6.07) is 13.1. The largest absolute Gasteiger partial charge is 0.489 e. The molecule has 0 N–H and O–H groups in total. The van der Waals surface area contributed by atoms with E-state index in [9.17, 15) is 28.8 Å². The summed E-state index contributed by atoms with van der Waals surface area (Å²) in [5.74, 6) is -1.40. The molecule has 0 fully saturated rings. The van der Waals surface area contributed by atoms with Crippen molar-refractivity contribution in [3.05, 3.63) is 59.7 Å². The van der Waals surface area contributed by atoms with Crippen molar-refractivity contribution in [2.24, 2.45) is 0 Å². The van der Waals surface area contributed by atoms with Gasteiger partial charge in [-0.05, 0) is 51.0 Å². The van der Waals surface area contributed by atoms with E-state index in [0.29, 0.717) is 35.5 Å². The molecule has 0 saturated carbocycles. The smallest absolute Gasteiger partial charge is 0.305 e. The van der Waals surface area contributed by atoms with Crippen molar-refractivity contribution < 1.29 is 47.7 Å². The Morgan fingerprint density at radius 1 is 0.550 bits per heavy atom. The lowest BCUT2D eigenvalue weighted by Crippen LogP contribution is -2.15. The monoisotopic (exact) mass is 554 g/mol. The average Bonchev–Trinajstić information content (AvgIpc) is 2.91. The molecular weight excluding hydrogens is 520 g/mol. The van der Waals surface area contributed by atoms with Crippen LogP contribution in [-0.4, -0.2) is 61.5 Å². The van der Waals surface area contributed by atoms with Crippen molar-refractivity contribution in [1.29, 1.82) is 0 Å². The first-order valence-electron chi connectivity index (χ1n) is 13.0. The van der Waals surface area contributed by atoms with E-state index in [0.717, 1.165) is 0 Å². The van der Waals surface area contributed by atoms with E-state index in [2.05, 4.69) is 0 Å². The van der Waals surface area contributed by atoms with Crippen molar-refractivity contribution in [3.8, 4) is 11.5 Å². The van der Waals surface area contributed by atoms with Gasteiger partial charge in [0.2, 0.25) is 0 Å². The van der Waals surface area contributed by atoms with Crippen LogP contribution in [0, 0.1) is 0 Å². The third-order valence-corrected chi connectivity index (χ3v) is 5.41. The summed E-state index contributed by atoms with van der Waals surface area (Å²) in [5, 5.41) is 0. The quantitative estimate of drug-likeness (QED) is 0.108. The highest BCUT2D eigenvalue weighted by atomic mass is 16.6. The molecule has 0 radical (unpaired) electrons. The lowest BCUT2D eigenvalue weighted by molar-refractivity contribution is -0.146. The SMILES string of the molecule is CC(=O)CC(=O)c1ccccc1OCCOC(=O)CCCCC(=O)OCCOc1ccccc1C(=O)CC(C)=O. The van der Waals surface area contributed by atoms with Crippen LogP contribution in [0.4, 0.5) is 0 Å². The van der Waals surface area contributed by atoms with Gasteiger partial charge in [-0.3, -0.25) is 28.8 Å². The fraction of sp³-hybridized carbons (Fsp3) is 0.400. The molecule has 214 valence electrons. The van der Waals surface area contributed by atoms with Crippen molar-refractivity contribution in [1.82, 2.24) is 0 Å². The van der Waals surface area contributed by atoms with Gasteiger partial charge in [-0.15, -0.1) is 0 Å². The molecule has 0 amide bonds. The zero-order chi connectivity index (χ0) is 29.3. The second kappa shape index (κ2) is 17.3. The van der Waals surface area contributed by atoms with Gasteiger partial charge in [0.05, 0.1) is 24.0 Å². The van der Waals surface area contributed by atoms with Crippen LogP contribution in [0.15, 0.2) is 48.5 Å². The summed E-state index contributed by atoms with van der Waals surface area (Å²) < 4.78 is 21.3. The van der Waals surface area contributed by atoms with Crippen molar-refractivity contribution >= 4 is 35.1 Å². The number of esters is 2. The first kappa shape index (κ1) is 31.9. The minimum Gasteiger partial charge on any atom is -0.489 e. The number of rotatable bonds is 19. The maximum atomic E-state index is 12.2. The second-order valence-corrected chi connectivity index (χ2v) is 8.94. The van der Waals surface area contributed by atoms with E-state index < -0.39 is 11.9 Å². The molecule has 2 rings (SSSR count). The van der Waals surface area contributed by atoms with E-state index in [1.807, 2.05) is 0 Å². The highest BCUT2D eigenvalue weighted by Gasteiger charge is 2.15. The van der Waals surface area contributed by atoms with Gasteiger partial charge in [0.1, 0.15) is 49.5 Å². The topological polar surface area (TPSA) is 139 Å². The molecule has 0 unspecified atom stereocenters. The Kier molecular flexibility index (Phi) is 13.8. The fourth-order valence-corrected chi connectivity index (χ4v) is 3.59. The van der Waals surface area contributed by atoms with Gasteiger partial charge in [-0.1, -0.05) is 24.3 Å². The normalized spacial score (nSPS) is 10.3. The summed E-state index contributed by atoms with van der Waals surface area (Å²) in [6.45, 7) is 2.73. The maximum Gasteiger partial charge on any atom is 0.305 e. The molecule has 0 aliphatic carbocycles. The van der Waals surface area contributed by atoms with Crippen LogP contribution >= 0.6 is 0 Å². The number of benzene rings is 2. The Balaban J connectivity index is 1.58. The minimum absolute atomic E-state index is 0.0143. The Morgan fingerprint density at radius 3 is 1.30 bits per heavy atom. The van der Waals surface area contributed by atoms with Crippen LogP contribution in [0.1, 0.15) is 73.1 Å². The zero-order valence-corrected chi connectivity index (χ0v) is 22.8. The first-order chi connectivity index (χ1) is 19.2. The van der Waals surface area contributed by atoms with Crippen molar-refractivity contribution in [2.75, 3.05) is 26.4 Å². The third-order valence-electron chi connectivity index (χ3n) is 5.41. The molecule has 0 aliphatic rings. The molecule has 0 heterocycles.